The second-order valence-corrected chi connectivity index (χ2v) is 9.40. The Morgan fingerprint density at radius 1 is 1.16 bits per heavy atom. The van der Waals surface area contributed by atoms with E-state index in [1.165, 1.54) is 25.2 Å². The van der Waals surface area contributed by atoms with E-state index in [0.717, 1.165) is 5.56 Å². The molecule has 0 bridgehead atoms. The molecule has 0 aliphatic carbocycles. The van der Waals surface area contributed by atoms with Crippen LogP contribution in [0.3, 0.4) is 0 Å². The van der Waals surface area contributed by atoms with Crippen molar-refractivity contribution in [3.63, 3.8) is 0 Å². The fourth-order valence-corrected chi connectivity index (χ4v) is 4.74. The van der Waals surface area contributed by atoms with Gasteiger partial charge in [-0.05, 0) is 61.9 Å². The molecule has 1 saturated heterocycles. The van der Waals surface area contributed by atoms with E-state index in [2.05, 4.69) is 14.9 Å². The first-order valence-electron chi connectivity index (χ1n) is 10.1. The number of nitrogens with one attached hydrogen (secondary N) is 2. The van der Waals surface area contributed by atoms with Gasteiger partial charge >= 0.3 is 0 Å². The van der Waals surface area contributed by atoms with Gasteiger partial charge < -0.3 is 10.1 Å². The summed E-state index contributed by atoms with van der Waals surface area (Å²) in [7, 11) is -2.35. The summed E-state index contributed by atoms with van der Waals surface area (Å²) >= 11 is 0. The molecule has 168 valence electrons. The van der Waals surface area contributed by atoms with E-state index in [0.29, 0.717) is 44.0 Å². The predicted molar refractivity (Wildman–Crippen MR) is 116 cm³/mol. The lowest BCUT2D eigenvalue weighted by atomic mass is 10.0. The van der Waals surface area contributed by atoms with Gasteiger partial charge in [-0.15, -0.1) is 0 Å². The highest BCUT2D eigenvalue weighted by molar-refractivity contribution is 7.89. The summed E-state index contributed by atoms with van der Waals surface area (Å²) in [4.78, 5) is 15.2. The SMILES string of the molecule is CNS(=O)(=O)c1cc(C(=O)NCC(c2ccc(F)cc2)N2CCOCC2)cc(C)c1C. The molecule has 31 heavy (non-hydrogen) atoms. The lowest BCUT2D eigenvalue weighted by Crippen LogP contribution is -2.43. The van der Waals surface area contributed by atoms with E-state index >= 15 is 0 Å². The number of nitrogens with zero attached hydrogens (tertiary/aromatic N) is 1. The number of sulfonamides is 1. The minimum atomic E-state index is -3.69. The number of ether oxygens (including phenoxy) is 1. The Morgan fingerprint density at radius 2 is 1.81 bits per heavy atom. The van der Waals surface area contributed by atoms with E-state index in [4.69, 9.17) is 4.74 Å². The Balaban J connectivity index is 1.83. The number of rotatable bonds is 7. The third-order valence-corrected chi connectivity index (χ3v) is 7.18. The maximum absolute atomic E-state index is 13.4. The summed E-state index contributed by atoms with van der Waals surface area (Å²) in [5, 5.41) is 2.92. The summed E-state index contributed by atoms with van der Waals surface area (Å²) in [6.07, 6.45) is 0. The van der Waals surface area contributed by atoms with Crippen molar-refractivity contribution in [1.29, 1.82) is 0 Å². The summed E-state index contributed by atoms with van der Waals surface area (Å²) in [6.45, 7) is 6.37. The van der Waals surface area contributed by atoms with Gasteiger partial charge in [-0.3, -0.25) is 9.69 Å². The predicted octanol–water partition coefficient (Wildman–Crippen LogP) is 2.15. The number of morpholine rings is 1. The largest absolute Gasteiger partial charge is 0.379 e. The van der Waals surface area contributed by atoms with Crippen LogP contribution in [0.1, 0.15) is 33.1 Å². The summed E-state index contributed by atoms with van der Waals surface area (Å²) < 4.78 is 45.8. The third kappa shape index (κ3) is 5.48. The van der Waals surface area contributed by atoms with Crippen molar-refractivity contribution in [3.8, 4) is 0 Å². The lowest BCUT2D eigenvalue weighted by Gasteiger charge is -2.35. The molecule has 0 saturated carbocycles. The van der Waals surface area contributed by atoms with Crippen LogP contribution in [-0.2, 0) is 14.8 Å². The summed E-state index contributed by atoms with van der Waals surface area (Å²) in [5.41, 5.74) is 2.48. The van der Waals surface area contributed by atoms with Crippen LogP contribution in [0.15, 0.2) is 41.3 Å². The minimum Gasteiger partial charge on any atom is -0.379 e. The average molecular weight is 450 g/mol. The van der Waals surface area contributed by atoms with Crippen LogP contribution in [0.25, 0.3) is 0 Å². The number of benzene rings is 2. The van der Waals surface area contributed by atoms with Crippen LogP contribution < -0.4 is 10.0 Å². The average Bonchev–Trinajstić information content (AvgIpc) is 2.77. The molecule has 1 heterocycles. The van der Waals surface area contributed by atoms with Gasteiger partial charge in [0.2, 0.25) is 10.0 Å². The molecule has 1 amide bonds. The summed E-state index contributed by atoms with van der Waals surface area (Å²) in [6, 6.07) is 9.17. The zero-order valence-corrected chi connectivity index (χ0v) is 18.8. The van der Waals surface area contributed by atoms with Gasteiger partial charge in [0.25, 0.3) is 5.91 Å². The third-order valence-electron chi connectivity index (χ3n) is 5.64. The number of hydrogen-bond acceptors (Lipinski definition) is 5. The molecule has 0 aromatic heterocycles. The monoisotopic (exact) mass is 449 g/mol. The van der Waals surface area contributed by atoms with Gasteiger partial charge in [0.1, 0.15) is 5.82 Å². The van der Waals surface area contributed by atoms with Crippen LogP contribution in [0, 0.1) is 19.7 Å². The first kappa shape index (κ1) is 23.3. The van der Waals surface area contributed by atoms with E-state index in [-0.39, 0.29) is 28.2 Å². The van der Waals surface area contributed by atoms with Gasteiger partial charge in [0.05, 0.1) is 24.2 Å². The normalized spacial score (nSPS) is 16.1. The maximum Gasteiger partial charge on any atom is 0.251 e. The molecule has 1 atom stereocenters. The molecule has 7 nitrogen and oxygen atoms in total. The first-order valence-corrected chi connectivity index (χ1v) is 11.6. The Kier molecular flexibility index (Phi) is 7.42. The molecule has 1 aliphatic rings. The number of carbonyl (C=O) groups is 1. The Bertz CT molecular complexity index is 1040. The van der Waals surface area contributed by atoms with Gasteiger partial charge in [-0.25, -0.2) is 17.5 Å². The highest BCUT2D eigenvalue weighted by Crippen LogP contribution is 2.23. The lowest BCUT2D eigenvalue weighted by molar-refractivity contribution is 0.0162. The van der Waals surface area contributed by atoms with Crippen LogP contribution in [0.4, 0.5) is 4.39 Å². The second-order valence-electron chi connectivity index (χ2n) is 7.55. The smallest absolute Gasteiger partial charge is 0.251 e. The molecular formula is C22H28FN3O4S. The standard InChI is InChI=1S/C22H28FN3O4S/c1-15-12-18(13-21(16(15)2)31(28,29)24-3)22(27)25-14-20(26-8-10-30-11-9-26)17-4-6-19(23)7-5-17/h4-7,12-13,20,24H,8-11,14H2,1-3H3,(H,25,27). The quantitative estimate of drug-likeness (QED) is 0.676. The molecule has 9 heteroatoms. The van der Waals surface area contributed by atoms with Crippen LogP contribution in [0.2, 0.25) is 0 Å². The van der Waals surface area contributed by atoms with Crippen LogP contribution in [-0.4, -0.2) is 59.1 Å². The molecule has 0 radical (unpaired) electrons. The number of carbonyl (C=O) groups excluding carboxylic acids is 1. The van der Waals surface area contributed by atoms with E-state index in [1.807, 2.05) is 0 Å². The minimum absolute atomic E-state index is 0.0865. The Hall–Kier alpha value is -2.33. The van der Waals surface area contributed by atoms with Gasteiger partial charge in [0.15, 0.2) is 0 Å². The number of aryl methyl sites for hydroxylation is 1. The summed E-state index contributed by atoms with van der Waals surface area (Å²) in [5.74, 6) is -0.682. The van der Waals surface area contributed by atoms with Crippen molar-refractivity contribution in [2.75, 3.05) is 39.9 Å². The Labute approximate surface area is 182 Å². The van der Waals surface area contributed by atoms with E-state index < -0.39 is 10.0 Å². The van der Waals surface area contributed by atoms with Crippen molar-refractivity contribution in [2.24, 2.45) is 0 Å². The fraction of sp³-hybridized carbons (Fsp3) is 0.409. The molecule has 0 spiro atoms. The van der Waals surface area contributed by atoms with Gasteiger partial charge in [-0.1, -0.05) is 12.1 Å². The van der Waals surface area contributed by atoms with E-state index in [9.17, 15) is 17.6 Å². The number of halogens is 1. The van der Waals surface area contributed by atoms with Crippen molar-refractivity contribution in [3.05, 3.63) is 64.5 Å². The molecular weight excluding hydrogens is 421 g/mol. The molecule has 2 N–H and O–H groups in total. The highest BCUT2D eigenvalue weighted by atomic mass is 32.2. The number of hydrogen-bond donors (Lipinski definition) is 2. The van der Waals surface area contributed by atoms with Crippen molar-refractivity contribution >= 4 is 15.9 Å². The molecule has 2 aromatic carbocycles. The first-order chi connectivity index (χ1) is 14.7. The Morgan fingerprint density at radius 3 is 2.42 bits per heavy atom. The van der Waals surface area contributed by atoms with Crippen molar-refractivity contribution < 1.29 is 22.3 Å². The number of amides is 1. The second kappa shape index (κ2) is 9.86. The molecule has 1 aliphatic heterocycles. The molecule has 3 rings (SSSR count). The van der Waals surface area contributed by atoms with Crippen LogP contribution in [0.5, 0.6) is 0 Å². The molecule has 1 fully saturated rings. The van der Waals surface area contributed by atoms with E-state index in [1.54, 1.807) is 32.0 Å². The maximum atomic E-state index is 13.4. The van der Waals surface area contributed by atoms with Gasteiger partial charge in [-0.2, -0.15) is 0 Å². The van der Waals surface area contributed by atoms with Crippen molar-refractivity contribution in [1.82, 2.24) is 14.9 Å². The molecule has 1 unspecified atom stereocenters. The zero-order valence-electron chi connectivity index (χ0n) is 17.9. The molecule has 2 aromatic rings. The highest BCUT2D eigenvalue weighted by Gasteiger charge is 2.24. The fourth-order valence-electron chi connectivity index (χ4n) is 3.67. The van der Waals surface area contributed by atoms with Crippen LogP contribution >= 0.6 is 0 Å². The van der Waals surface area contributed by atoms with Crippen molar-refractivity contribution in [2.45, 2.75) is 24.8 Å². The topological polar surface area (TPSA) is 87.7 Å². The van der Waals surface area contributed by atoms with Gasteiger partial charge in [0, 0.05) is 25.2 Å². The zero-order chi connectivity index (χ0) is 22.6.